The van der Waals surface area contributed by atoms with Crippen molar-refractivity contribution in [2.45, 2.75) is 6.92 Å². The second kappa shape index (κ2) is 9.08. The lowest BCUT2D eigenvalue weighted by Gasteiger charge is -2.23. The lowest BCUT2D eigenvalue weighted by Crippen LogP contribution is -2.36. The highest BCUT2D eigenvalue weighted by molar-refractivity contribution is 6.10. The zero-order valence-electron chi connectivity index (χ0n) is 18.6. The number of carbonyl (C=O) groups is 1. The molecule has 0 fully saturated rings. The number of nitrogens with zero attached hydrogens (tertiary/aromatic N) is 2. The maximum atomic E-state index is 13.7. The van der Waals surface area contributed by atoms with Crippen molar-refractivity contribution in [1.29, 1.82) is 0 Å². The average molecular weight is 444 g/mol. The van der Waals surface area contributed by atoms with Gasteiger partial charge in [0.05, 0.1) is 19.7 Å². The smallest absolute Gasteiger partial charge is 0.272 e. The van der Waals surface area contributed by atoms with Crippen LogP contribution < -0.4 is 19.9 Å². The van der Waals surface area contributed by atoms with E-state index in [1.54, 1.807) is 61.7 Å². The molecular formula is C26H24N2O5. The molecule has 0 saturated heterocycles. The van der Waals surface area contributed by atoms with Crippen LogP contribution in [-0.2, 0) is 0 Å². The van der Waals surface area contributed by atoms with Crippen molar-refractivity contribution in [2.24, 2.45) is 0 Å². The number of amides is 1. The number of rotatable bonds is 6. The van der Waals surface area contributed by atoms with E-state index in [0.29, 0.717) is 40.3 Å². The van der Waals surface area contributed by atoms with Crippen LogP contribution in [0.1, 0.15) is 17.3 Å². The van der Waals surface area contributed by atoms with E-state index in [4.69, 9.17) is 9.47 Å². The summed E-state index contributed by atoms with van der Waals surface area (Å²) in [5.74, 6) is 0.208. The molecule has 7 heteroatoms. The van der Waals surface area contributed by atoms with E-state index < -0.39 is 11.5 Å². The Morgan fingerprint density at radius 2 is 1.58 bits per heavy atom. The van der Waals surface area contributed by atoms with E-state index >= 15 is 0 Å². The summed E-state index contributed by atoms with van der Waals surface area (Å²) in [6.45, 7) is 2.14. The largest absolute Gasteiger partial charge is 0.506 e. The van der Waals surface area contributed by atoms with Crippen LogP contribution in [0.3, 0.4) is 0 Å². The van der Waals surface area contributed by atoms with E-state index in [0.717, 1.165) is 0 Å². The van der Waals surface area contributed by atoms with Gasteiger partial charge < -0.3 is 19.5 Å². The summed E-state index contributed by atoms with van der Waals surface area (Å²) in [6.07, 6.45) is 0. The Morgan fingerprint density at radius 3 is 2.18 bits per heavy atom. The number of hydrogen-bond donors (Lipinski definition) is 1. The molecule has 0 radical (unpaired) electrons. The SMILES string of the molecule is CCN(C(=O)c1c(O)c2ccc(OC)cc2n(-c2ccc(OC)cc2)c1=O)c1ccccc1. The number of hydrogen-bond acceptors (Lipinski definition) is 5. The predicted molar refractivity (Wildman–Crippen MR) is 128 cm³/mol. The molecule has 1 amide bonds. The normalized spacial score (nSPS) is 10.8. The summed E-state index contributed by atoms with van der Waals surface area (Å²) in [6, 6.07) is 20.9. The Balaban J connectivity index is 2.01. The second-order valence-electron chi connectivity index (χ2n) is 7.33. The van der Waals surface area contributed by atoms with Crippen LogP contribution in [0.25, 0.3) is 16.6 Å². The minimum atomic E-state index is -0.627. The van der Waals surface area contributed by atoms with E-state index in [-0.39, 0.29) is 11.3 Å². The first-order chi connectivity index (χ1) is 16.0. The van der Waals surface area contributed by atoms with Gasteiger partial charge in [-0.05, 0) is 55.5 Å². The molecule has 168 valence electrons. The van der Waals surface area contributed by atoms with Crippen LogP contribution in [0.15, 0.2) is 77.6 Å². The van der Waals surface area contributed by atoms with E-state index in [1.165, 1.54) is 16.6 Å². The number of para-hydroxylation sites is 1. The van der Waals surface area contributed by atoms with E-state index in [9.17, 15) is 14.7 Å². The molecule has 3 aromatic carbocycles. The highest BCUT2D eigenvalue weighted by Gasteiger charge is 2.27. The molecule has 33 heavy (non-hydrogen) atoms. The van der Waals surface area contributed by atoms with Crippen molar-refractivity contribution in [1.82, 2.24) is 4.57 Å². The van der Waals surface area contributed by atoms with Crippen LogP contribution in [0.5, 0.6) is 17.2 Å². The Hall–Kier alpha value is -4.26. The van der Waals surface area contributed by atoms with Crippen molar-refractivity contribution >= 4 is 22.5 Å². The number of benzene rings is 3. The number of pyridine rings is 1. The van der Waals surface area contributed by atoms with Crippen molar-refractivity contribution in [3.05, 3.63) is 88.7 Å². The van der Waals surface area contributed by atoms with Crippen LogP contribution in [0, 0.1) is 0 Å². The van der Waals surface area contributed by atoms with Crippen LogP contribution in [0.4, 0.5) is 5.69 Å². The third kappa shape index (κ3) is 3.89. The molecule has 7 nitrogen and oxygen atoms in total. The molecule has 1 N–H and O–H groups in total. The number of aromatic nitrogens is 1. The summed E-state index contributed by atoms with van der Waals surface area (Å²) in [5, 5.41) is 11.4. The topological polar surface area (TPSA) is 81.0 Å². The summed E-state index contributed by atoms with van der Waals surface area (Å²) in [5.41, 5.74) is 0.652. The fraction of sp³-hybridized carbons (Fsp3) is 0.154. The molecule has 0 atom stereocenters. The predicted octanol–water partition coefficient (Wildman–Crippen LogP) is 4.38. The first kappa shape index (κ1) is 22.0. The van der Waals surface area contributed by atoms with E-state index in [1.807, 2.05) is 25.1 Å². The van der Waals surface area contributed by atoms with Crippen LogP contribution in [-0.4, -0.2) is 36.3 Å². The maximum absolute atomic E-state index is 13.7. The number of methoxy groups -OCH3 is 2. The lowest BCUT2D eigenvalue weighted by atomic mass is 10.1. The summed E-state index contributed by atoms with van der Waals surface area (Å²) in [4.78, 5) is 28.8. The second-order valence-corrected chi connectivity index (χ2v) is 7.33. The number of anilines is 1. The Kier molecular flexibility index (Phi) is 6.04. The molecule has 0 aliphatic rings. The van der Waals surface area contributed by atoms with Crippen LogP contribution in [0.2, 0.25) is 0 Å². The molecule has 0 aliphatic heterocycles. The van der Waals surface area contributed by atoms with Crippen molar-refractivity contribution < 1.29 is 19.4 Å². The molecule has 0 saturated carbocycles. The fourth-order valence-corrected chi connectivity index (χ4v) is 3.85. The van der Waals surface area contributed by atoms with Gasteiger partial charge in [0.15, 0.2) is 0 Å². The van der Waals surface area contributed by atoms with Gasteiger partial charge in [-0.15, -0.1) is 0 Å². The standard InChI is InChI=1S/C26H24N2O5/c1-4-27(17-8-6-5-7-9-17)25(30)23-24(29)21-15-14-20(33-3)16-22(21)28(26(23)31)18-10-12-19(32-2)13-11-18/h5-16,29H,4H2,1-3H3. The van der Waals surface area contributed by atoms with Gasteiger partial charge in [-0.1, -0.05) is 18.2 Å². The van der Waals surface area contributed by atoms with Gasteiger partial charge in [-0.2, -0.15) is 0 Å². The van der Waals surface area contributed by atoms with Gasteiger partial charge >= 0.3 is 0 Å². The van der Waals surface area contributed by atoms with Crippen molar-refractivity contribution in [3.63, 3.8) is 0 Å². The zero-order chi connectivity index (χ0) is 23.5. The highest BCUT2D eigenvalue weighted by atomic mass is 16.5. The fourth-order valence-electron chi connectivity index (χ4n) is 3.85. The maximum Gasteiger partial charge on any atom is 0.272 e. The van der Waals surface area contributed by atoms with Crippen molar-refractivity contribution in [2.75, 3.05) is 25.7 Å². The molecule has 0 bridgehead atoms. The highest BCUT2D eigenvalue weighted by Crippen LogP contribution is 2.32. The number of fused-ring (bicyclic) bond motifs is 1. The number of ether oxygens (including phenoxy) is 2. The third-order valence-electron chi connectivity index (χ3n) is 5.53. The van der Waals surface area contributed by atoms with Gasteiger partial charge in [-0.3, -0.25) is 14.2 Å². The Bertz CT molecular complexity index is 1360. The summed E-state index contributed by atoms with van der Waals surface area (Å²) in [7, 11) is 3.08. The molecule has 0 spiro atoms. The van der Waals surface area contributed by atoms with E-state index in [2.05, 4.69) is 0 Å². The van der Waals surface area contributed by atoms with Gasteiger partial charge in [0.25, 0.3) is 11.5 Å². The minimum absolute atomic E-state index is 0.297. The molecule has 1 heterocycles. The third-order valence-corrected chi connectivity index (χ3v) is 5.53. The number of carbonyl (C=O) groups excluding carboxylic acids is 1. The molecule has 0 aliphatic carbocycles. The summed E-state index contributed by atoms with van der Waals surface area (Å²) >= 11 is 0. The first-order valence-electron chi connectivity index (χ1n) is 10.5. The summed E-state index contributed by atoms with van der Waals surface area (Å²) < 4.78 is 12.0. The molecule has 4 rings (SSSR count). The molecule has 1 aromatic heterocycles. The Labute approximate surface area is 191 Å². The average Bonchev–Trinajstić information content (AvgIpc) is 2.85. The quantitative estimate of drug-likeness (QED) is 0.477. The lowest BCUT2D eigenvalue weighted by molar-refractivity contribution is 0.0984. The van der Waals surface area contributed by atoms with Gasteiger partial charge in [0.2, 0.25) is 0 Å². The van der Waals surface area contributed by atoms with Gasteiger partial charge in [0, 0.05) is 29.4 Å². The molecule has 4 aromatic rings. The molecular weight excluding hydrogens is 420 g/mol. The van der Waals surface area contributed by atoms with Crippen LogP contribution >= 0.6 is 0 Å². The van der Waals surface area contributed by atoms with Gasteiger partial charge in [-0.25, -0.2) is 0 Å². The van der Waals surface area contributed by atoms with Crippen molar-refractivity contribution in [3.8, 4) is 22.9 Å². The minimum Gasteiger partial charge on any atom is -0.506 e. The van der Waals surface area contributed by atoms with Gasteiger partial charge in [0.1, 0.15) is 22.8 Å². The zero-order valence-corrected chi connectivity index (χ0v) is 18.6. The first-order valence-corrected chi connectivity index (χ1v) is 10.5. The monoisotopic (exact) mass is 444 g/mol. The number of aromatic hydroxyl groups is 1. The Morgan fingerprint density at radius 1 is 0.939 bits per heavy atom. The molecule has 0 unspecified atom stereocenters.